The number of carbonyl (C=O) groups is 1. The van der Waals surface area contributed by atoms with Crippen molar-refractivity contribution >= 4 is 11.7 Å². The molecule has 0 spiro atoms. The number of amides is 1. The number of aromatic amines is 1. The van der Waals surface area contributed by atoms with E-state index in [0.717, 1.165) is 11.3 Å². The molecule has 4 heteroatoms. The van der Waals surface area contributed by atoms with Crippen molar-refractivity contribution < 1.29 is 4.79 Å². The summed E-state index contributed by atoms with van der Waals surface area (Å²) in [5, 5.41) is 9.63. The number of rotatable bonds is 3. The lowest BCUT2D eigenvalue weighted by Crippen LogP contribution is -2.34. The van der Waals surface area contributed by atoms with Crippen LogP contribution in [0.25, 0.3) is 0 Å². The van der Waals surface area contributed by atoms with Crippen LogP contribution < -0.4 is 5.32 Å². The number of hydrogen-bond acceptors (Lipinski definition) is 2. The Hall–Kier alpha value is -2.10. The standard InChI is InChI=1S/C14H17N3O/c1-10-9-12(17-16-10)15-13(18)14(2,3)11-7-5-4-6-8-11/h4-9H,1-3H3,(H2,15,16,17,18). The zero-order chi connectivity index (χ0) is 13.2. The lowest BCUT2D eigenvalue weighted by Gasteiger charge is -2.23. The molecule has 1 aromatic heterocycles. The van der Waals surface area contributed by atoms with Crippen LogP contribution in [0.1, 0.15) is 25.1 Å². The molecule has 0 aliphatic carbocycles. The SMILES string of the molecule is Cc1cc(NC(=O)C(C)(C)c2ccccc2)n[nH]1. The van der Waals surface area contributed by atoms with Crippen LogP contribution in [0.5, 0.6) is 0 Å². The molecule has 2 rings (SSSR count). The first-order valence-electron chi connectivity index (χ1n) is 5.89. The third-order valence-electron chi connectivity index (χ3n) is 3.01. The molecule has 94 valence electrons. The van der Waals surface area contributed by atoms with Crippen molar-refractivity contribution in [1.82, 2.24) is 10.2 Å². The molecule has 0 saturated heterocycles. The molecule has 0 bridgehead atoms. The summed E-state index contributed by atoms with van der Waals surface area (Å²) in [7, 11) is 0. The molecule has 4 nitrogen and oxygen atoms in total. The minimum absolute atomic E-state index is 0.0693. The van der Waals surface area contributed by atoms with E-state index in [9.17, 15) is 4.79 Å². The van der Waals surface area contributed by atoms with Crippen molar-refractivity contribution in [2.24, 2.45) is 0 Å². The summed E-state index contributed by atoms with van der Waals surface area (Å²) in [6.45, 7) is 5.69. The summed E-state index contributed by atoms with van der Waals surface area (Å²) in [4.78, 5) is 12.3. The lowest BCUT2D eigenvalue weighted by atomic mass is 9.84. The van der Waals surface area contributed by atoms with Crippen molar-refractivity contribution in [3.8, 4) is 0 Å². The topological polar surface area (TPSA) is 57.8 Å². The normalized spacial score (nSPS) is 11.3. The Kier molecular flexibility index (Phi) is 3.19. The smallest absolute Gasteiger partial charge is 0.235 e. The van der Waals surface area contributed by atoms with Crippen molar-refractivity contribution in [3.63, 3.8) is 0 Å². The van der Waals surface area contributed by atoms with Gasteiger partial charge in [0.2, 0.25) is 5.91 Å². The number of H-pyrrole nitrogens is 1. The molecule has 1 amide bonds. The molecule has 0 unspecified atom stereocenters. The van der Waals surface area contributed by atoms with E-state index in [1.54, 1.807) is 6.07 Å². The second-order valence-corrected chi connectivity index (χ2v) is 4.88. The number of carbonyl (C=O) groups excluding carboxylic acids is 1. The first-order valence-corrected chi connectivity index (χ1v) is 5.89. The predicted molar refractivity (Wildman–Crippen MR) is 71.4 cm³/mol. The van der Waals surface area contributed by atoms with E-state index < -0.39 is 5.41 Å². The Bertz CT molecular complexity index is 543. The van der Waals surface area contributed by atoms with Crippen LogP contribution >= 0.6 is 0 Å². The molecular weight excluding hydrogens is 226 g/mol. The fraction of sp³-hybridized carbons (Fsp3) is 0.286. The number of hydrogen-bond donors (Lipinski definition) is 2. The highest BCUT2D eigenvalue weighted by molar-refractivity contribution is 5.97. The van der Waals surface area contributed by atoms with Gasteiger partial charge in [-0.25, -0.2) is 0 Å². The Labute approximate surface area is 106 Å². The van der Waals surface area contributed by atoms with Gasteiger partial charge >= 0.3 is 0 Å². The van der Waals surface area contributed by atoms with Crippen molar-refractivity contribution in [1.29, 1.82) is 0 Å². The highest BCUT2D eigenvalue weighted by atomic mass is 16.2. The summed E-state index contributed by atoms with van der Waals surface area (Å²) >= 11 is 0. The average molecular weight is 243 g/mol. The number of aryl methyl sites for hydroxylation is 1. The predicted octanol–water partition coefficient (Wildman–Crippen LogP) is 2.63. The van der Waals surface area contributed by atoms with Gasteiger partial charge in [0.15, 0.2) is 5.82 Å². The summed E-state index contributed by atoms with van der Waals surface area (Å²) < 4.78 is 0. The Balaban J connectivity index is 2.18. The summed E-state index contributed by atoms with van der Waals surface area (Å²) in [5.74, 6) is 0.488. The highest BCUT2D eigenvalue weighted by Gasteiger charge is 2.29. The molecule has 0 aliphatic heterocycles. The van der Waals surface area contributed by atoms with E-state index in [1.165, 1.54) is 0 Å². The monoisotopic (exact) mass is 243 g/mol. The van der Waals surface area contributed by atoms with E-state index in [1.807, 2.05) is 51.1 Å². The fourth-order valence-corrected chi connectivity index (χ4v) is 1.74. The van der Waals surface area contributed by atoms with Crippen molar-refractivity contribution in [2.45, 2.75) is 26.2 Å². The van der Waals surface area contributed by atoms with Gasteiger partial charge in [0.25, 0.3) is 0 Å². The van der Waals surface area contributed by atoms with Crippen LogP contribution in [0.2, 0.25) is 0 Å². The third kappa shape index (κ3) is 2.42. The first kappa shape index (κ1) is 12.4. The molecule has 2 N–H and O–H groups in total. The fourth-order valence-electron chi connectivity index (χ4n) is 1.74. The molecule has 0 fully saturated rings. The van der Waals surface area contributed by atoms with E-state index in [-0.39, 0.29) is 5.91 Å². The maximum atomic E-state index is 12.3. The highest BCUT2D eigenvalue weighted by Crippen LogP contribution is 2.24. The zero-order valence-electron chi connectivity index (χ0n) is 10.8. The Morgan fingerprint density at radius 1 is 1.28 bits per heavy atom. The van der Waals surface area contributed by atoms with Gasteiger partial charge in [0, 0.05) is 11.8 Å². The Morgan fingerprint density at radius 3 is 2.50 bits per heavy atom. The molecule has 1 aromatic carbocycles. The van der Waals surface area contributed by atoms with Crippen LogP contribution in [0.15, 0.2) is 36.4 Å². The van der Waals surface area contributed by atoms with Crippen LogP contribution in [-0.4, -0.2) is 16.1 Å². The molecule has 18 heavy (non-hydrogen) atoms. The molecule has 1 heterocycles. The van der Waals surface area contributed by atoms with Crippen molar-refractivity contribution in [3.05, 3.63) is 47.7 Å². The average Bonchev–Trinajstić information content (AvgIpc) is 2.76. The minimum Gasteiger partial charge on any atom is -0.308 e. The largest absolute Gasteiger partial charge is 0.308 e. The third-order valence-corrected chi connectivity index (χ3v) is 3.01. The minimum atomic E-state index is -0.589. The van der Waals surface area contributed by atoms with E-state index in [2.05, 4.69) is 15.5 Å². The number of nitrogens with one attached hydrogen (secondary N) is 2. The van der Waals surface area contributed by atoms with Gasteiger partial charge in [-0.3, -0.25) is 9.89 Å². The molecular formula is C14H17N3O. The lowest BCUT2D eigenvalue weighted by molar-refractivity contribution is -0.120. The van der Waals surface area contributed by atoms with Gasteiger partial charge in [-0.1, -0.05) is 30.3 Å². The summed E-state index contributed by atoms with van der Waals surface area (Å²) in [6, 6.07) is 11.5. The number of benzene rings is 1. The quantitative estimate of drug-likeness (QED) is 0.870. The number of anilines is 1. The van der Waals surface area contributed by atoms with Gasteiger partial charge in [-0.15, -0.1) is 0 Å². The summed E-state index contributed by atoms with van der Waals surface area (Å²) in [6.07, 6.45) is 0. The van der Waals surface area contributed by atoms with E-state index >= 15 is 0 Å². The van der Waals surface area contributed by atoms with Gasteiger partial charge in [-0.2, -0.15) is 5.10 Å². The van der Waals surface area contributed by atoms with Crippen LogP contribution in [-0.2, 0) is 10.2 Å². The van der Waals surface area contributed by atoms with E-state index in [0.29, 0.717) is 5.82 Å². The number of aromatic nitrogens is 2. The molecule has 2 aromatic rings. The molecule has 0 saturated carbocycles. The maximum Gasteiger partial charge on any atom is 0.235 e. The van der Waals surface area contributed by atoms with Crippen LogP contribution in [0.4, 0.5) is 5.82 Å². The zero-order valence-corrected chi connectivity index (χ0v) is 10.8. The van der Waals surface area contributed by atoms with Gasteiger partial charge in [0.1, 0.15) is 0 Å². The molecule has 0 aliphatic rings. The van der Waals surface area contributed by atoms with E-state index in [4.69, 9.17) is 0 Å². The van der Waals surface area contributed by atoms with Crippen LogP contribution in [0, 0.1) is 6.92 Å². The molecule has 0 atom stereocenters. The molecule has 0 radical (unpaired) electrons. The van der Waals surface area contributed by atoms with Crippen molar-refractivity contribution in [2.75, 3.05) is 5.32 Å². The van der Waals surface area contributed by atoms with Gasteiger partial charge < -0.3 is 5.32 Å². The second-order valence-electron chi connectivity index (χ2n) is 4.88. The maximum absolute atomic E-state index is 12.3. The van der Waals surface area contributed by atoms with Gasteiger partial charge in [-0.05, 0) is 26.3 Å². The van der Waals surface area contributed by atoms with Crippen LogP contribution in [0.3, 0.4) is 0 Å². The second kappa shape index (κ2) is 4.64. The Morgan fingerprint density at radius 2 is 1.94 bits per heavy atom. The first-order chi connectivity index (χ1) is 8.50. The summed E-state index contributed by atoms with van der Waals surface area (Å²) in [5.41, 5.74) is 1.31. The number of nitrogens with zero attached hydrogens (tertiary/aromatic N) is 1. The van der Waals surface area contributed by atoms with Gasteiger partial charge in [0.05, 0.1) is 5.41 Å².